The predicted octanol–water partition coefficient (Wildman–Crippen LogP) is 1.46. The van der Waals surface area contributed by atoms with Gasteiger partial charge in [0.25, 0.3) is 0 Å². The Morgan fingerprint density at radius 1 is 1.56 bits per heavy atom. The molecule has 0 heterocycles. The normalized spacial score (nSPS) is 9.69. The molecule has 1 aromatic carbocycles. The Morgan fingerprint density at radius 2 is 2.31 bits per heavy atom. The number of benzene rings is 1. The molecule has 1 aromatic rings. The van der Waals surface area contributed by atoms with Gasteiger partial charge in [-0.05, 0) is 12.1 Å². The minimum absolute atomic E-state index is 0.112. The molecule has 0 spiro atoms. The maximum Gasteiger partial charge on any atom is 0.319 e. The van der Waals surface area contributed by atoms with Gasteiger partial charge in [0.15, 0.2) is 0 Å². The number of carbonyl (C=O) groups is 1. The highest BCUT2D eigenvalue weighted by atomic mass is 35.5. The number of halogens is 1. The van der Waals surface area contributed by atoms with E-state index in [0.29, 0.717) is 16.5 Å². The highest BCUT2D eigenvalue weighted by molar-refractivity contribution is 6.33. The summed E-state index contributed by atoms with van der Waals surface area (Å²) >= 11 is 5.88. The van der Waals surface area contributed by atoms with Gasteiger partial charge in [-0.15, -0.1) is 0 Å². The van der Waals surface area contributed by atoms with Crippen molar-refractivity contribution in [3.8, 4) is 5.75 Å². The Hall–Kier alpha value is -1.46. The summed E-state index contributed by atoms with van der Waals surface area (Å²) in [7, 11) is 1.53. The van der Waals surface area contributed by atoms with Crippen molar-refractivity contribution in [2.75, 3.05) is 25.6 Å². The topological polar surface area (TPSA) is 70.6 Å². The van der Waals surface area contributed by atoms with Crippen molar-refractivity contribution in [3.05, 3.63) is 23.2 Å². The van der Waals surface area contributed by atoms with Crippen molar-refractivity contribution in [2.45, 2.75) is 0 Å². The molecule has 0 aliphatic heterocycles. The molecular weight excluding hydrogens is 232 g/mol. The first-order valence-corrected chi connectivity index (χ1v) is 5.04. The number of aliphatic hydroxyl groups is 1. The largest absolute Gasteiger partial charge is 0.497 e. The summed E-state index contributed by atoms with van der Waals surface area (Å²) in [5.41, 5.74) is 0.455. The lowest BCUT2D eigenvalue weighted by atomic mass is 10.3. The Kier molecular flexibility index (Phi) is 4.88. The third-order valence-electron chi connectivity index (χ3n) is 1.82. The van der Waals surface area contributed by atoms with Crippen LogP contribution in [-0.2, 0) is 0 Å². The van der Waals surface area contributed by atoms with Crippen LogP contribution in [0.1, 0.15) is 0 Å². The van der Waals surface area contributed by atoms with Gasteiger partial charge in [0.1, 0.15) is 5.75 Å². The molecule has 0 radical (unpaired) electrons. The van der Waals surface area contributed by atoms with Gasteiger partial charge in [0.2, 0.25) is 0 Å². The monoisotopic (exact) mass is 244 g/mol. The van der Waals surface area contributed by atoms with Crippen molar-refractivity contribution in [1.82, 2.24) is 5.32 Å². The van der Waals surface area contributed by atoms with E-state index in [4.69, 9.17) is 21.4 Å². The summed E-state index contributed by atoms with van der Waals surface area (Å²) in [6.07, 6.45) is 0. The second-order valence-electron chi connectivity index (χ2n) is 2.95. The van der Waals surface area contributed by atoms with Crippen LogP contribution in [0.3, 0.4) is 0 Å². The number of anilines is 1. The standard InChI is InChI=1S/C10H13ClN2O3/c1-16-7-2-3-8(11)9(6-7)13-10(15)12-4-5-14/h2-3,6,14H,4-5H2,1H3,(H2,12,13,15). The summed E-state index contributed by atoms with van der Waals surface area (Å²) in [6.45, 7) is 0.0761. The molecule has 16 heavy (non-hydrogen) atoms. The Labute approximate surface area is 98.4 Å². The van der Waals surface area contributed by atoms with Crippen molar-refractivity contribution >= 4 is 23.3 Å². The van der Waals surface area contributed by atoms with E-state index in [1.165, 1.54) is 7.11 Å². The number of amides is 2. The van der Waals surface area contributed by atoms with Gasteiger partial charge >= 0.3 is 6.03 Å². The predicted molar refractivity (Wildman–Crippen MR) is 62.1 cm³/mol. The third kappa shape index (κ3) is 3.60. The molecule has 0 aliphatic rings. The smallest absolute Gasteiger partial charge is 0.319 e. The maximum absolute atomic E-state index is 11.3. The molecule has 0 aliphatic carbocycles. The first kappa shape index (κ1) is 12.6. The lowest BCUT2D eigenvalue weighted by Gasteiger charge is -2.09. The Bertz CT molecular complexity index is 371. The van der Waals surface area contributed by atoms with E-state index in [1.807, 2.05) is 0 Å². The van der Waals surface area contributed by atoms with Crippen LogP contribution in [-0.4, -0.2) is 31.4 Å². The Morgan fingerprint density at radius 3 is 2.94 bits per heavy atom. The molecule has 5 nitrogen and oxygen atoms in total. The summed E-state index contributed by atoms with van der Waals surface area (Å²) in [5.74, 6) is 0.599. The second kappa shape index (κ2) is 6.19. The van der Waals surface area contributed by atoms with Crippen LogP contribution in [0.5, 0.6) is 5.75 Å². The van der Waals surface area contributed by atoms with Gasteiger partial charge in [0.05, 0.1) is 24.4 Å². The quantitative estimate of drug-likeness (QED) is 0.751. The zero-order chi connectivity index (χ0) is 12.0. The first-order chi connectivity index (χ1) is 7.67. The SMILES string of the molecule is COc1ccc(Cl)c(NC(=O)NCCO)c1. The van der Waals surface area contributed by atoms with E-state index in [2.05, 4.69) is 10.6 Å². The highest BCUT2D eigenvalue weighted by Gasteiger charge is 2.06. The minimum Gasteiger partial charge on any atom is -0.497 e. The number of hydrogen-bond acceptors (Lipinski definition) is 3. The number of rotatable bonds is 4. The van der Waals surface area contributed by atoms with Crippen LogP contribution in [0.25, 0.3) is 0 Å². The van der Waals surface area contributed by atoms with Crippen LogP contribution >= 0.6 is 11.6 Å². The third-order valence-corrected chi connectivity index (χ3v) is 2.15. The number of nitrogens with one attached hydrogen (secondary N) is 2. The van der Waals surface area contributed by atoms with Crippen LogP contribution in [0.2, 0.25) is 5.02 Å². The molecule has 0 fully saturated rings. The van der Waals surface area contributed by atoms with Crippen LogP contribution in [0.4, 0.5) is 10.5 Å². The zero-order valence-electron chi connectivity index (χ0n) is 8.79. The molecule has 0 atom stereocenters. The lowest BCUT2D eigenvalue weighted by Crippen LogP contribution is -2.31. The number of ether oxygens (including phenoxy) is 1. The van der Waals surface area contributed by atoms with Gasteiger partial charge in [-0.25, -0.2) is 4.79 Å². The molecule has 0 bridgehead atoms. The average molecular weight is 245 g/mol. The maximum atomic E-state index is 11.3. The Balaban J connectivity index is 2.68. The number of methoxy groups -OCH3 is 1. The summed E-state index contributed by atoms with van der Waals surface area (Å²) in [5, 5.41) is 13.9. The summed E-state index contributed by atoms with van der Waals surface area (Å²) in [4.78, 5) is 11.3. The molecule has 0 aromatic heterocycles. The zero-order valence-corrected chi connectivity index (χ0v) is 9.54. The minimum atomic E-state index is -0.427. The molecule has 0 saturated carbocycles. The van der Waals surface area contributed by atoms with Crippen molar-refractivity contribution < 1.29 is 14.6 Å². The molecule has 1 rings (SSSR count). The van der Waals surface area contributed by atoms with E-state index in [0.717, 1.165) is 0 Å². The molecule has 0 saturated heterocycles. The fourth-order valence-corrected chi connectivity index (χ4v) is 1.23. The fourth-order valence-electron chi connectivity index (χ4n) is 1.06. The van der Waals surface area contributed by atoms with E-state index in [-0.39, 0.29) is 13.2 Å². The van der Waals surface area contributed by atoms with E-state index >= 15 is 0 Å². The van der Waals surface area contributed by atoms with Crippen LogP contribution in [0.15, 0.2) is 18.2 Å². The van der Waals surface area contributed by atoms with Gasteiger partial charge < -0.3 is 20.5 Å². The first-order valence-electron chi connectivity index (χ1n) is 4.66. The number of carbonyl (C=O) groups excluding carboxylic acids is 1. The summed E-state index contributed by atoms with van der Waals surface area (Å²) < 4.78 is 5.00. The molecule has 3 N–H and O–H groups in total. The van der Waals surface area contributed by atoms with Crippen LogP contribution < -0.4 is 15.4 Å². The van der Waals surface area contributed by atoms with Crippen molar-refractivity contribution in [1.29, 1.82) is 0 Å². The summed E-state index contributed by atoms with van der Waals surface area (Å²) in [6, 6.07) is 4.51. The van der Waals surface area contributed by atoms with Gasteiger partial charge in [-0.3, -0.25) is 0 Å². The molecule has 2 amide bonds. The van der Waals surface area contributed by atoms with Gasteiger partial charge in [-0.1, -0.05) is 11.6 Å². The fraction of sp³-hybridized carbons (Fsp3) is 0.300. The van der Waals surface area contributed by atoms with E-state index < -0.39 is 6.03 Å². The molecule has 6 heteroatoms. The molecule has 88 valence electrons. The van der Waals surface area contributed by atoms with Crippen LogP contribution in [0, 0.1) is 0 Å². The highest BCUT2D eigenvalue weighted by Crippen LogP contribution is 2.26. The van der Waals surface area contributed by atoms with Gasteiger partial charge in [-0.2, -0.15) is 0 Å². The second-order valence-corrected chi connectivity index (χ2v) is 3.36. The number of hydrogen-bond donors (Lipinski definition) is 3. The van der Waals surface area contributed by atoms with Crippen molar-refractivity contribution in [2.24, 2.45) is 0 Å². The average Bonchev–Trinajstić information content (AvgIpc) is 2.29. The van der Waals surface area contributed by atoms with E-state index in [1.54, 1.807) is 18.2 Å². The molecular formula is C10H13ClN2O3. The molecule has 0 unspecified atom stereocenters. The van der Waals surface area contributed by atoms with Gasteiger partial charge in [0, 0.05) is 12.6 Å². The van der Waals surface area contributed by atoms with E-state index in [9.17, 15) is 4.79 Å². The number of aliphatic hydroxyl groups excluding tert-OH is 1. The number of urea groups is 1. The lowest BCUT2D eigenvalue weighted by molar-refractivity contribution is 0.245. The van der Waals surface area contributed by atoms with Crippen molar-refractivity contribution in [3.63, 3.8) is 0 Å².